The molecule has 0 aliphatic rings. The van der Waals surface area contributed by atoms with Gasteiger partial charge in [0.15, 0.2) is 0 Å². The van der Waals surface area contributed by atoms with Crippen LogP contribution in [-0.2, 0) is 6.18 Å². The molecule has 138 valence electrons. The van der Waals surface area contributed by atoms with Crippen molar-refractivity contribution in [2.75, 3.05) is 0 Å². The van der Waals surface area contributed by atoms with Gasteiger partial charge in [-0.3, -0.25) is 0 Å². The second-order valence-electron chi connectivity index (χ2n) is 5.41. The van der Waals surface area contributed by atoms with Gasteiger partial charge in [0.25, 0.3) is 0 Å². The number of aromatic nitrogens is 2. The van der Waals surface area contributed by atoms with E-state index in [-0.39, 0.29) is 22.8 Å². The van der Waals surface area contributed by atoms with E-state index in [2.05, 4.69) is 4.98 Å². The molecule has 0 radical (unpaired) electrons. The second kappa shape index (κ2) is 6.94. The maximum atomic E-state index is 12.7. The second-order valence-corrected chi connectivity index (χ2v) is 5.41. The molecule has 27 heavy (non-hydrogen) atoms. The SMILES string of the molecule is O=C(O)c1ccccc1-c1ccc(/C=C/c2cc(C(F)(F)F)[nH]c(=O)n2)o1. The lowest BCUT2D eigenvalue weighted by atomic mass is 10.1. The van der Waals surface area contributed by atoms with Crippen LogP contribution < -0.4 is 5.69 Å². The normalized spacial score (nSPS) is 11.8. The number of carboxylic acids is 1. The summed E-state index contributed by atoms with van der Waals surface area (Å²) in [7, 11) is 0. The average molecular weight is 376 g/mol. The maximum absolute atomic E-state index is 12.7. The summed E-state index contributed by atoms with van der Waals surface area (Å²) in [6.07, 6.45) is -2.19. The largest absolute Gasteiger partial charge is 0.478 e. The van der Waals surface area contributed by atoms with Crippen LogP contribution in [0.3, 0.4) is 0 Å². The Morgan fingerprint density at radius 1 is 1.15 bits per heavy atom. The summed E-state index contributed by atoms with van der Waals surface area (Å²) < 4.78 is 43.7. The molecule has 0 saturated heterocycles. The first kappa shape index (κ1) is 18.2. The minimum atomic E-state index is -4.71. The van der Waals surface area contributed by atoms with E-state index in [1.54, 1.807) is 23.2 Å². The van der Waals surface area contributed by atoms with E-state index >= 15 is 0 Å². The van der Waals surface area contributed by atoms with Gasteiger partial charge in [-0.05, 0) is 36.4 Å². The zero-order valence-electron chi connectivity index (χ0n) is 13.4. The minimum Gasteiger partial charge on any atom is -0.478 e. The number of furan rings is 1. The summed E-state index contributed by atoms with van der Waals surface area (Å²) in [4.78, 5) is 27.6. The van der Waals surface area contributed by atoms with Gasteiger partial charge in [-0.1, -0.05) is 18.2 Å². The number of H-pyrrole nitrogens is 1. The fourth-order valence-electron chi connectivity index (χ4n) is 2.35. The Morgan fingerprint density at radius 3 is 2.59 bits per heavy atom. The zero-order chi connectivity index (χ0) is 19.6. The summed E-state index contributed by atoms with van der Waals surface area (Å²) >= 11 is 0. The van der Waals surface area contributed by atoms with Gasteiger partial charge in [-0.2, -0.15) is 18.2 Å². The van der Waals surface area contributed by atoms with E-state index < -0.39 is 23.5 Å². The van der Waals surface area contributed by atoms with Crippen LogP contribution in [0.4, 0.5) is 13.2 Å². The number of carboxylic acid groups (broad SMARTS) is 1. The van der Waals surface area contributed by atoms with E-state index in [0.29, 0.717) is 11.6 Å². The van der Waals surface area contributed by atoms with Crippen molar-refractivity contribution < 1.29 is 27.5 Å². The van der Waals surface area contributed by atoms with Crippen molar-refractivity contribution in [2.45, 2.75) is 6.18 Å². The number of rotatable bonds is 4. The molecule has 3 aromatic rings. The summed E-state index contributed by atoms with van der Waals surface area (Å²) in [5.41, 5.74) is -2.13. The Labute approximate surface area is 149 Å². The highest BCUT2D eigenvalue weighted by Gasteiger charge is 2.32. The van der Waals surface area contributed by atoms with Crippen molar-refractivity contribution >= 4 is 18.1 Å². The van der Waals surface area contributed by atoms with E-state index in [9.17, 15) is 27.9 Å². The first-order chi connectivity index (χ1) is 12.7. The number of hydrogen-bond donors (Lipinski definition) is 2. The fraction of sp³-hybridized carbons (Fsp3) is 0.0556. The number of hydrogen-bond acceptors (Lipinski definition) is 4. The zero-order valence-corrected chi connectivity index (χ0v) is 13.4. The third-order valence-corrected chi connectivity index (χ3v) is 3.54. The predicted octanol–water partition coefficient (Wildman–Crippen LogP) is 3.92. The molecular weight excluding hydrogens is 365 g/mol. The van der Waals surface area contributed by atoms with Crippen LogP contribution in [0, 0.1) is 0 Å². The van der Waals surface area contributed by atoms with Crippen LogP contribution >= 0.6 is 0 Å². The molecule has 0 bridgehead atoms. The molecule has 0 spiro atoms. The summed E-state index contributed by atoms with van der Waals surface area (Å²) in [5, 5.41) is 9.22. The Morgan fingerprint density at radius 2 is 1.89 bits per heavy atom. The van der Waals surface area contributed by atoms with Gasteiger partial charge in [0.1, 0.15) is 17.2 Å². The average Bonchev–Trinajstić information content (AvgIpc) is 3.07. The van der Waals surface area contributed by atoms with Crippen LogP contribution in [-0.4, -0.2) is 21.0 Å². The molecule has 0 atom stereocenters. The highest BCUT2D eigenvalue weighted by molar-refractivity contribution is 5.95. The standard InChI is InChI=1S/C18H11F3N2O4/c19-18(20,21)15-9-10(22-17(26)23-15)5-6-11-7-8-14(27-11)12-3-1-2-4-13(12)16(24)25/h1-9H,(H,24,25)(H,22,23,26)/b6-5+. The molecular formula is C18H11F3N2O4. The van der Waals surface area contributed by atoms with Gasteiger partial charge in [-0.25, -0.2) is 9.59 Å². The molecule has 0 saturated carbocycles. The number of nitrogens with zero attached hydrogens (tertiary/aromatic N) is 1. The highest BCUT2D eigenvalue weighted by Crippen LogP contribution is 2.28. The Hall–Kier alpha value is -3.62. The first-order valence-corrected chi connectivity index (χ1v) is 7.53. The number of nitrogens with one attached hydrogen (secondary N) is 1. The number of alkyl halides is 3. The number of aromatic carboxylic acids is 1. The lowest BCUT2D eigenvalue weighted by molar-refractivity contribution is -0.141. The summed E-state index contributed by atoms with van der Waals surface area (Å²) in [5.74, 6) is -0.588. The molecule has 0 amide bonds. The maximum Gasteiger partial charge on any atom is 0.431 e. The van der Waals surface area contributed by atoms with E-state index in [4.69, 9.17) is 4.42 Å². The van der Waals surface area contributed by atoms with E-state index in [1.165, 1.54) is 30.4 Å². The van der Waals surface area contributed by atoms with Crippen LogP contribution in [0.5, 0.6) is 0 Å². The van der Waals surface area contributed by atoms with E-state index in [1.807, 2.05) is 0 Å². The van der Waals surface area contributed by atoms with Crippen LogP contribution in [0.15, 0.2) is 51.7 Å². The van der Waals surface area contributed by atoms with Gasteiger partial charge in [0.05, 0.1) is 11.3 Å². The third kappa shape index (κ3) is 4.14. The quantitative estimate of drug-likeness (QED) is 0.720. The number of carbonyl (C=O) groups is 1. The molecule has 2 heterocycles. The predicted molar refractivity (Wildman–Crippen MR) is 89.9 cm³/mol. The van der Waals surface area contributed by atoms with Crippen molar-refractivity contribution in [2.24, 2.45) is 0 Å². The molecule has 0 unspecified atom stereocenters. The third-order valence-electron chi connectivity index (χ3n) is 3.54. The van der Waals surface area contributed by atoms with Crippen LogP contribution in [0.25, 0.3) is 23.5 Å². The Kier molecular flexibility index (Phi) is 4.68. The smallest absolute Gasteiger partial charge is 0.431 e. The van der Waals surface area contributed by atoms with Gasteiger partial charge in [0.2, 0.25) is 0 Å². The van der Waals surface area contributed by atoms with Crippen molar-refractivity contribution in [3.8, 4) is 11.3 Å². The number of halogens is 3. The highest BCUT2D eigenvalue weighted by atomic mass is 19.4. The lowest BCUT2D eigenvalue weighted by Crippen LogP contribution is -2.19. The number of benzene rings is 1. The van der Waals surface area contributed by atoms with Crippen molar-refractivity contribution in [1.29, 1.82) is 0 Å². The molecule has 3 rings (SSSR count). The monoisotopic (exact) mass is 376 g/mol. The molecule has 2 N–H and O–H groups in total. The van der Waals surface area contributed by atoms with Gasteiger partial charge < -0.3 is 14.5 Å². The van der Waals surface area contributed by atoms with Crippen molar-refractivity contribution in [3.63, 3.8) is 0 Å². The van der Waals surface area contributed by atoms with Gasteiger partial charge in [0, 0.05) is 5.56 Å². The lowest BCUT2D eigenvalue weighted by Gasteiger charge is -2.05. The van der Waals surface area contributed by atoms with Crippen molar-refractivity contribution in [1.82, 2.24) is 9.97 Å². The molecule has 6 nitrogen and oxygen atoms in total. The van der Waals surface area contributed by atoms with Crippen LogP contribution in [0.2, 0.25) is 0 Å². The van der Waals surface area contributed by atoms with Gasteiger partial charge in [-0.15, -0.1) is 0 Å². The Bertz CT molecular complexity index is 1080. The molecule has 0 aliphatic heterocycles. The minimum absolute atomic E-state index is 0.0495. The summed E-state index contributed by atoms with van der Waals surface area (Å²) in [6, 6.07) is 9.97. The fourth-order valence-corrected chi connectivity index (χ4v) is 2.35. The van der Waals surface area contributed by atoms with Crippen molar-refractivity contribution in [3.05, 3.63) is 75.7 Å². The molecule has 9 heteroatoms. The molecule has 0 aliphatic carbocycles. The van der Waals surface area contributed by atoms with Crippen LogP contribution in [0.1, 0.15) is 27.5 Å². The Balaban J connectivity index is 1.90. The first-order valence-electron chi connectivity index (χ1n) is 7.53. The van der Waals surface area contributed by atoms with Gasteiger partial charge >= 0.3 is 17.8 Å². The topological polar surface area (TPSA) is 96.2 Å². The number of aromatic amines is 1. The molecule has 0 fully saturated rings. The molecule has 2 aromatic heterocycles. The summed E-state index contributed by atoms with van der Waals surface area (Å²) in [6.45, 7) is 0. The van der Waals surface area contributed by atoms with E-state index in [0.717, 1.165) is 0 Å². The molecule has 1 aromatic carbocycles.